The number of hydrogen-bond donors (Lipinski definition) is 2. The molecule has 0 aliphatic heterocycles. The number of halogens is 1. The van der Waals surface area contributed by atoms with Crippen LogP contribution in [0.2, 0.25) is 0 Å². The number of ether oxygens (including phenoxy) is 1. The lowest BCUT2D eigenvalue weighted by Crippen LogP contribution is -2.08. The number of anilines is 3. The smallest absolute Gasteiger partial charge is 0.340 e. The van der Waals surface area contributed by atoms with Gasteiger partial charge in [0.1, 0.15) is 0 Å². The van der Waals surface area contributed by atoms with Crippen LogP contribution in [0.4, 0.5) is 17.1 Å². The molecule has 0 aliphatic rings. The van der Waals surface area contributed by atoms with Crippen molar-refractivity contribution in [1.29, 1.82) is 0 Å². The molecule has 0 radical (unpaired) electrons. The van der Waals surface area contributed by atoms with Crippen LogP contribution in [0.5, 0.6) is 0 Å². The lowest BCUT2D eigenvalue weighted by Gasteiger charge is -2.14. The largest absolute Gasteiger partial charge is 0.465 e. The Balaban J connectivity index is 2.45. The van der Waals surface area contributed by atoms with Gasteiger partial charge in [0.15, 0.2) is 0 Å². The summed E-state index contributed by atoms with van der Waals surface area (Å²) in [6.45, 7) is 0. The summed E-state index contributed by atoms with van der Waals surface area (Å²) in [6, 6.07) is 12.7. The summed E-state index contributed by atoms with van der Waals surface area (Å²) >= 11 is 3.44. The van der Waals surface area contributed by atoms with E-state index in [1.54, 1.807) is 18.2 Å². The Hall–Kier alpha value is -2.01. The molecule has 0 heterocycles. The molecule has 0 bridgehead atoms. The Kier molecular flexibility index (Phi) is 4.06. The first-order chi connectivity index (χ1) is 9.13. The van der Waals surface area contributed by atoms with Crippen LogP contribution in [0.1, 0.15) is 10.4 Å². The van der Waals surface area contributed by atoms with Crippen molar-refractivity contribution in [2.45, 2.75) is 0 Å². The summed E-state index contributed by atoms with van der Waals surface area (Å²) in [5.74, 6) is -0.429. The quantitative estimate of drug-likeness (QED) is 0.670. The molecule has 5 heteroatoms. The second-order valence-corrected chi connectivity index (χ2v) is 4.72. The van der Waals surface area contributed by atoms with Gasteiger partial charge in [-0.05, 0) is 40.2 Å². The van der Waals surface area contributed by atoms with Gasteiger partial charge in [-0.2, -0.15) is 0 Å². The molecule has 2 aromatic carbocycles. The molecule has 0 aromatic heterocycles. The molecule has 0 spiro atoms. The highest BCUT2D eigenvalue weighted by Gasteiger charge is 2.14. The van der Waals surface area contributed by atoms with Crippen LogP contribution in [0.15, 0.2) is 46.9 Å². The number of rotatable bonds is 3. The van der Waals surface area contributed by atoms with Crippen LogP contribution in [-0.2, 0) is 4.74 Å². The summed E-state index contributed by atoms with van der Waals surface area (Å²) in [5.41, 5.74) is 8.18. The van der Waals surface area contributed by atoms with Crippen LogP contribution >= 0.6 is 15.9 Å². The fraction of sp³-hybridized carbons (Fsp3) is 0.0714. The molecular formula is C14H13BrN2O2. The van der Waals surface area contributed by atoms with Gasteiger partial charge in [0, 0.05) is 4.47 Å². The molecule has 3 N–H and O–H groups in total. The average molecular weight is 321 g/mol. The number of methoxy groups -OCH3 is 1. The van der Waals surface area contributed by atoms with Gasteiger partial charge in [-0.3, -0.25) is 0 Å². The first kappa shape index (κ1) is 13.4. The van der Waals surface area contributed by atoms with Crippen LogP contribution < -0.4 is 11.1 Å². The highest BCUT2D eigenvalue weighted by molar-refractivity contribution is 9.10. The summed E-state index contributed by atoms with van der Waals surface area (Å²) < 4.78 is 5.64. The van der Waals surface area contributed by atoms with E-state index < -0.39 is 5.97 Å². The standard InChI is InChI=1S/C14H13BrN2O2/c1-19-14(18)9-5-4-7-11(16)13(9)17-12-8-3-2-6-10(12)15/h2-8,17H,16H2,1H3. The maximum absolute atomic E-state index is 11.7. The third-order valence-electron chi connectivity index (χ3n) is 2.64. The molecule has 19 heavy (non-hydrogen) atoms. The minimum atomic E-state index is -0.429. The highest BCUT2D eigenvalue weighted by atomic mass is 79.9. The monoisotopic (exact) mass is 320 g/mol. The van der Waals surface area contributed by atoms with E-state index in [4.69, 9.17) is 10.5 Å². The fourth-order valence-corrected chi connectivity index (χ4v) is 2.07. The second-order valence-electron chi connectivity index (χ2n) is 3.87. The second kappa shape index (κ2) is 5.75. The van der Waals surface area contributed by atoms with E-state index in [9.17, 15) is 4.79 Å². The van der Waals surface area contributed by atoms with Gasteiger partial charge in [0.2, 0.25) is 0 Å². The molecular weight excluding hydrogens is 308 g/mol. The van der Waals surface area contributed by atoms with Crippen molar-refractivity contribution in [2.24, 2.45) is 0 Å². The van der Waals surface area contributed by atoms with Gasteiger partial charge >= 0.3 is 5.97 Å². The van der Waals surface area contributed by atoms with Crippen LogP contribution in [0.3, 0.4) is 0 Å². The third-order valence-corrected chi connectivity index (χ3v) is 3.33. The summed E-state index contributed by atoms with van der Waals surface area (Å²) in [7, 11) is 1.34. The molecule has 4 nitrogen and oxygen atoms in total. The molecule has 2 aromatic rings. The molecule has 98 valence electrons. The van der Waals surface area contributed by atoms with Gasteiger partial charge in [-0.25, -0.2) is 4.79 Å². The van der Waals surface area contributed by atoms with Crippen molar-refractivity contribution in [2.75, 3.05) is 18.2 Å². The number of hydrogen-bond acceptors (Lipinski definition) is 4. The SMILES string of the molecule is COC(=O)c1cccc(N)c1Nc1ccccc1Br. The average Bonchev–Trinajstić information content (AvgIpc) is 2.42. The number of carbonyl (C=O) groups is 1. The first-order valence-electron chi connectivity index (χ1n) is 5.62. The van der Waals surface area contributed by atoms with Gasteiger partial charge in [-0.1, -0.05) is 18.2 Å². The number of benzene rings is 2. The minimum Gasteiger partial charge on any atom is -0.465 e. The zero-order valence-electron chi connectivity index (χ0n) is 10.3. The first-order valence-corrected chi connectivity index (χ1v) is 6.41. The molecule has 2 rings (SSSR count). The number of carbonyl (C=O) groups excluding carboxylic acids is 1. The van der Waals surface area contributed by atoms with Gasteiger partial charge in [-0.15, -0.1) is 0 Å². The molecule has 0 amide bonds. The van der Waals surface area contributed by atoms with Crippen LogP contribution in [0.25, 0.3) is 0 Å². The zero-order chi connectivity index (χ0) is 13.8. The van der Waals surface area contributed by atoms with Gasteiger partial charge < -0.3 is 15.8 Å². The van der Waals surface area contributed by atoms with Gasteiger partial charge in [0.05, 0.1) is 29.7 Å². The molecule has 0 aliphatic carbocycles. The van der Waals surface area contributed by atoms with E-state index in [0.717, 1.165) is 10.2 Å². The van der Waals surface area contributed by atoms with Crippen molar-refractivity contribution in [3.8, 4) is 0 Å². The van der Waals surface area contributed by atoms with Crippen LogP contribution in [0, 0.1) is 0 Å². The van der Waals surface area contributed by atoms with Crippen molar-refractivity contribution >= 4 is 39.0 Å². The van der Waals surface area contributed by atoms with E-state index in [1.807, 2.05) is 24.3 Å². The predicted molar refractivity (Wildman–Crippen MR) is 79.6 cm³/mol. The topological polar surface area (TPSA) is 64.3 Å². The minimum absolute atomic E-state index is 0.401. The maximum atomic E-state index is 11.7. The Labute approximate surface area is 119 Å². The van der Waals surface area contributed by atoms with Crippen molar-refractivity contribution in [3.63, 3.8) is 0 Å². The summed E-state index contributed by atoms with van der Waals surface area (Å²) in [5, 5.41) is 3.15. The lowest BCUT2D eigenvalue weighted by atomic mass is 10.1. The number of nitrogens with one attached hydrogen (secondary N) is 1. The normalized spacial score (nSPS) is 10.0. The fourth-order valence-electron chi connectivity index (χ4n) is 1.69. The van der Waals surface area contributed by atoms with Gasteiger partial charge in [0.25, 0.3) is 0 Å². The van der Waals surface area contributed by atoms with E-state index >= 15 is 0 Å². The highest BCUT2D eigenvalue weighted by Crippen LogP contribution is 2.31. The maximum Gasteiger partial charge on any atom is 0.340 e. The van der Waals surface area contributed by atoms with Crippen LogP contribution in [-0.4, -0.2) is 13.1 Å². The van der Waals surface area contributed by atoms with Crippen molar-refractivity contribution < 1.29 is 9.53 Å². The third kappa shape index (κ3) is 2.88. The van der Waals surface area contributed by atoms with E-state index in [-0.39, 0.29) is 0 Å². The summed E-state index contributed by atoms with van der Waals surface area (Å²) in [4.78, 5) is 11.7. The molecule has 0 atom stereocenters. The Bertz CT molecular complexity index is 614. The van der Waals surface area contributed by atoms with E-state index in [0.29, 0.717) is 16.9 Å². The Morgan fingerprint density at radius 3 is 2.63 bits per heavy atom. The number of nitrogens with two attached hydrogens (primary N) is 1. The van der Waals surface area contributed by atoms with Crippen molar-refractivity contribution in [3.05, 3.63) is 52.5 Å². The van der Waals surface area contributed by atoms with E-state index in [1.165, 1.54) is 7.11 Å². The molecule has 0 saturated heterocycles. The van der Waals surface area contributed by atoms with E-state index in [2.05, 4.69) is 21.2 Å². The lowest BCUT2D eigenvalue weighted by molar-refractivity contribution is 0.0602. The number of nitrogen functional groups attached to an aromatic ring is 1. The number of para-hydroxylation sites is 2. The molecule has 0 saturated carbocycles. The zero-order valence-corrected chi connectivity index (χ0v) is 11.9. The number of esters is 1. The molecule has 0 fully saturated rings. The Morgan fingerprint density at radius 2 is 1.95 bits per heavy atom. The Morgan fingerprint density at radius 1 is 1.21 bits per heavy atom. The van der Waals surface area contributed by atoms with Crippen molar-refractivity contribution in [1.82, 2.24) is 0 Å². The molecule has 0 unspecified atom stereocenters. The summed E-state index contributed by atoms with van der Waals surface area (Å²) in [6.07, 6.45) is 0. The predicted octanol–water partition coefficient (Wildman–Crippen LogP) is 3.56.